The summed E-state index contributed by atoms with van der Waals surface area (Å²) in [5.41, 5.74) is 1.59. The van der Waals surface area contributed by atoms with Crippen molar-refractivity contribution in [3.05, 3.63) is 39.3 Å². The van der Waals surface area contributed by atoms with Crippen molar-refractivity contribution in [2.45, 2.75) is 78.2 Å². The van der Waals surface area contributed by atoms with Gasteiger partial charge in [0.1, 0.15) is 11.6 Å². The van der Waals surface area contributed by atoms with E-state index in [0.717, 1.165) is 5.69 Å². The van der Waals surface area contributed by atoms with Gasteiger partial charge in [-0.1, -0.05) is 19.9 Å². The molecule has 2 N–H and O–H groups in total. The molecule has 1 aromatic rings. The van der Waals surface area contributed by atoms with E-state index in [4.69, 9.17) is 0 Å². The Bertz CT molecular complexity index is 946. The van der Waals surface area contributed by atoms with Crippen LogP contribution in [-0.4, -0.2) is 59.4 Å². The van der Waals surface area contributed by atoms with Crippen LogP contribution in [0.2, 0.25) is 0 Å². The summed E-state index contributed by atoms with van der Waals surface area (Å²) in [5.74, 6) is -3.18. The lowest BCUT2D eigenvalue weighted by Gasteiger charge is -2.34. The molecule has 0 radical (unpaired) electrons. The fourth-order valence-electron chi connectivity index (χ4n) is 4.93. The van der Waals surface area contributed by atoms with Crippen LogP contribution < -0.4 is 11.0 Å². The highest BCUT2D eigenvalue weighted by molar-refractivity contribution is 5.83. The fourth-order valence-corrected chi connectivity index (χ4v) is 4.93. The zero-order valence-corrected chi connectivity index (χ0v) is 21.7. The second kappa shape index (κ2) is 13.3. The second-order valence-corrected chi connectivity index (χ2v) is 9.24. The highest BCUT2D eigenvalue weighted by Crippen LogP contribution is 2.36. The first kappa shape index (κ1) is 29.1. The van der Waals surface area contributed by atoms with Gasteiger partial charge in [0.25, 0.3) is 0 Å². The van der Waals surface area contributed by atoms with Crippen LogP contribution in [0.3, 0.4) is 0 Å². The number of aromatic amines is 1. The lowest BCUT2D eigenvalue weighted by atomic mass is 9.84. The highest BCUT2D eigenvalue weighted by Gasteiger charge is 2.37. The Morgan fingerprint density at radius 2 is 1.77 bits per heavy atom. The van der Waals surface area contributed by atoms with Gasteiger partial charge in [0.2, 0.25) is 5.92 Å². The second-order valence-electron chi connectivity index (χ2n) is 9.24. The number of allylic oxidation sites excluding steroid dienone is 1. The molecule has 0 amide bonds. The Labute approximate surface area is 206 Å². The van der Waals surface area contributed by atoms with Crippen molar-refractivity contribution in [1.29, 1.82) is 0 Å². The first-order valence-electron chi connectivity index (χ1n) is 12.8. The van der Waals surface area contributed by atoms with Crippen molar-refractivity contribution in [3.8, 4) is 0 Å². The maximum atomic E-state index is 14.2. The summed E-state index contributed by atoms with van der Waals surface area (Å²) < 4.78 is 42.6. The summed E-state index contributed by atoms with van der Waals surface area (Å²) >= 11 is 0. The third kappa shape index (κ3) is 7.67. The lowest BCUT2D eigenvalue weighted by Crippen LogP contribution is -2.42. The maximum absolute atomic E-state index is 14.2. The minimum absolute atomic E-state index is 0.00469. The number of aromatic nitrogens is 2. The average Bonchev–Trinajstić information content (AvgIpc) is 3.12. The number of hydrogen-bond donors (Lipinski definition) is 2. The van der Waals surface area contributed by atoms with Gasteiger partial charge in [0, 0.05) is 55.7 Å². The molecular weight excluding hydrogens is 457 g/mol. The summed E-state index contributed by atoms with van der Waals surface area (Å²) in [5, 5.41) is 2.94. The number of imidazole rings is 1. The van der Waals surface area contributed by atoms with E-state index in [0.29, 0.717) is 43.7 Å². The number of hydrogen-bond acceptors (Lipinski definition) is 4. The van der Waals surface area contributed by atoms with Crippen LogP contribution in [0.25, 0.3) is 6.08 Å². The van der Waals surface area contributed by atoms with Crippen LogP contribution in [0.5, 0.6) is 0 Å². The van der Waals surface area contributed by atoms with E-state index in [2.05, 4.69) is 15.2 Å². The molecule has 2 aliphatic rings. The highest BCUT2D eigenvalue weighted by atomic mass is 19.3. The maximum Gasteiger partial charge on any atom is 0.326 e. The normalized spacial score (nSPS) is 20.5. The minimum atomic E-state index is -2.63. The monoisotopic (exact) mass is 498 g/mol. The molecule has 0 unspecified atom stereocenters. The van der Waals surface area contributed by atoms with Gasteiger partial charge < -0.3 is 10.3 Å². The van der Waals surface area contributed by atoms with Gasteiger partial charge in [-0.25, -0.2) is 18.0 Å². The summed E-state index contributed by atoms with van der Waals surface area (Å²) in [6, 6.07) is -0.00469. The third-order valence-electron chi connectivity index (χ3n) is 6.93. The van der Waals surface area contributed by atoms with Gasteiger partial charge in [-0.05, 0) is 52.7 Å². The minimum Gasteiger partial charge on any atom is -0.316 e. The zero-order valence-electron chi connectivity index (χ0n) is 21.7. The molecule has 1 aliphatic carbocycles. The van der Waals surface area contributed by atoms with Gasteiger partial charge in [0.15, 0.2) is 0 Å². The average molecular weight is 499 g/mol. The SMILES string of the molecule is C/C=C(F)\C(=C/c1[nH]c(=O)n(C2CCN(CC(=O)C3CCC(F)(F)CC3)CC2)c1C)CNC.CC. The number of rotatable bonds is 8. The molecule has 1 saturated heterocycles. The van der Waals surface area contributed by atoms with Gasteiger partial charge >= 0.3 is 5.69 Å². The molecule has 1 saturated carbocycles. The van der Waals surface area contributed by atoms with Gasteiger partial charge in [0.05, 0.1) is 12.2 Å². The van der Waals surface area contributed by atoms with E-state index >= 15 is 0 Å². The molecule has 35 heavy (non-hydrogen) atoms. The quantitative estimate of drug-likeness (QED) is 0.494. The van der Waals surface area contributed by atoms with Crippen molar-refractivity contribution >= 4 is 11.9 Å². The molecule has 0 aromatic carbocycles. The van der Waals surface area contributed by atoms with E-state index in [-0.39, 0.29) is 61.5 Å². The van der Waals surface area contributed by atoms with Crippen molar-refractivity contribution < 1.29 is 18.0 Å². The zero-order chi connectivity index (χ0) is 26.2. The Hall–Kier alpha value is -2.13. The standard InChI is InChI=1S/C24H35F3N4O2.C2H6/c1-4-20(25)18(14-28-3)13-21-16(2)31(23(33)29-21)19-7-11-30(12-8-19)15-22(32)17-5-9-24(26,27)10-6-17;1-2/h4,13,17,19,28H,5-12,14-15H2,1-3H3,(H,29,33);1-2H3/b18-13-,20-4+;. The van der Waals surface area contributed by atoms with Gasteiger partial charge in [-0.2, -0.15) is 0 Å². The number of alkyl halides is 2. The third-order valence-corrected chi connectivity index (χ3v) is 6.93. The van der Waals surface area contributed by atoms with E-state index in [1.54, 1.807) is 24.6 Å². The van der Waals surface area contributed by atoms with Crippen molar-refractivity contribution in [1.82, 2.24) is 19.8 Å². The van der Waals surface area contributed by atoms with Crippen LogP contribution in [0.1, 0.15) is 76.7 Å². The van der Waals surface area contributed by atoms with Crippen molar-refractivity contribution in [2.75, 3.05) is 33.2 Å². The van der Waals surface area contributed by atoms with E-state index in [1.165, 1.54) is 6.08 Å². The molecule has 2 fully saturated rings. The molecule has 1 aromatic heterocycles. The number of ketones is 1. The molecule has 198 valence electrons. The predicted octanol–water partition coefficient (Wildman–Crippen LogP) is 5.02. The molecule has 2 heterocycles. The van der Waals surface area contributed by atoms with Crippen LogP contribution >= 0.6 is 0 Å². The van der Waals surface area contributed by atoms with E-state index in [1.807, 2.05) is 20.8 Å². The molecule has 0 spiro atoms. The van der Waals surface area contributed by atoms with Crippen LogP contribution in [0, 0.1) is 12.8 Å². The van der Waals surface area contributed by atoms with Crippen molar-refractivity contribution in [3.63, 3.8) is 0 Å². The number of likely N-dealkylation sites (tertiary alicyclic amines) is 1. The summed E-state index contributed by atoms with van der Waals surface area (Å²) in [6.45, 7) is 9.44. The first-order valence-corrected chi connectivity index (χ1v) is 12.8. The Balaban J connectivity index is 0.00000210. The van der Waals surface area contributed by atoms with Crippen LogP contribution in [0.4, 0.5) is 13.2 Å². The molecule has 3 rings (SSSR count). The molecule has 0 bridgehead atoms. The largest absolute Gasteiger partial charge is 0.326 e. The molecular formula is C26H41F3N4O2. The Morgan fingerprint density at radius 3 is 2.31 bits per heavy atom. The van der Waals surface area contributed by atoms with Gasteiger partial charge in [-0.15, -0.1) is 0 Å². The molecule has 9 heteroatoms. The number of likely N-dealkylation sites (N-methyl/N-ethyl adjacent to an activating group) is 1. The van der Waals surface area contributed by atoms with Gasteiger partial charge in [-0.3, -0.25) is 14.3 Å². The predicted molar refractivity (Wildman–Crippen MR) is 135 cm³/mol. The summed E-state index contributed by atoms with van der Waals surface area (Å²) in [6.07, 6.45) is 4.61. The number of Topliss-reactive ketones (excluding diaryl/α,β-unsaturated/α-hetero) is 1. The van der Waals surface area contributed by atoms with E-state index < -0.39 is 5.92 Å². The smallest absolute Gasteiger partial charge is 0.316 e. The number of nitrogens with one attached hydrogen (secondary N) is 2. The van der Waals surface area contributed by atoms with E-state index in [9.17, 15) is 22.8 Å². The summed E-state index contributed by atoms with van der Waals surface area (Å²) in [7, 11) is 1.74. The topological polar surface area (TPSA) is 70.1 Å². The number of H-pyrrole nitrogens is 1. The number of nitrogens with zero attached hydrogens (tertiary/aromatic N) is 2. The van der Waals surface area contributed by atoms with Crippen LogP contribution in [-0.2, 0) is 4.79 Å². The molecule has 1 aliphatic heterocycles. The number of halogens is 3. The van der Waals surface area contributed by atoms with Crippen molar-refractivity contribution in [2.24, 2.45) is 5.92 Å². The molecule has 0 atom stereocenters. The lowest BCUT2D eigenvalue weighted by molar-refractivity contribution is -0.128. The number of piperidine rings is 1. The Morgan fingerprint density at radius 1 is 1.17 bits per heavy atom. The summed E-state index contributed by atoms with van der Waals surface area (Å²) in [4.78, 5) is 30.2. The van der Waals surface area contributed by atoms with Crippen LogP contribution in [0.15, 0.2) is 22.3 Å². The Kier molecular flexibility index (Phi) is 11.0. The number of carbonyl (C=O) groups excluding carboxylic acids is 1. The first-order chi connectivity index (χ1) is 16.6. The number of carbonyl (C=O) groups is 1. The molecule has 6 nitrogen and oxygen atoms in total. The fraction of sp³-hybridized carbons (Fsp3) is 0.692.